The summed E-state index contributed by atoms with van der Waals surface area (Å²) in [5, 5.41) is 21.9. The fourth-order valence-corrected chi connectivity index (χ4v) is 2.30. The molecule has 1 heterocycles. The van der Waals surface area contributed by atoms with Crippen molar-refractivity contribution in [2.45, 2.75) is 0 Å². The van der Waals surface area contributed by atoms with E-state index in [4.69, 9.17) is 0 Å². The van der Waals surface area contributed by atoms with Crippen LogP contribution in [0.3, 0.4) is 0 Å². The van der Waals surface area contributed by atoms with Gasteiger partial charge < -0.3 is 9.80 Å². The molecule has 0 saturated carbocycles. The first-order valence-electron chi connectivity index (χ1n) is 7.33. The molecule has 0 aliphatic rings. The number of quaternary nitrogens is 1. The zero-order chi connectivity index (χ0) is 19.9. The van der Waals surface area contributed by atoms with Crippen molar-refractivity contribution in [2.75, 3.05) is 52.3 Å². The van der Waals surface area contributed by atoms with Gasteiger partial charge in [0.1, 0.15) is 19.3 Å². The Balaban J connectivity index is 2.66. The van der Waals surface area contributed by atoms with Crippen LogP contribution in [-0.2, 0) is 18.8 Å². The van der Waals surface area contributed by atoms with E-state index in [0.717, 1.165) is 24.3 Å². The number of pyridine rings is 1. The van der Waals surface area contributed by atoms with Gasteiger partial charge in [0.15, 0.2) is 0 Å². The van der Waals surface area contributed by atoms with Crippen molar-refractivity contribution >= 4 is 27.6 Å². The summed E-state index contributed by atoms with van der Waals surface area (Å²) in [6.07, 6.45) is 0.957. The van der Waals surface area contributed by atoms with E-state index in [1.54, 1.807) is 14.1 Å². The van der Waals surface area contributed by atoms with Crippen LogP contribution in [0.5, 0.6) is 0 Å². The molecule has 0 spiro atoms. The van der Waals surface area contributed by atoms with Crippen LogP contribution >= 0.6 is 0 Å². The monoisotopic (exact) mass is 394 g/mol. The van der Waals surface area contributed by atoms with Gasteiger partial charge in [0, 0.05) is 7.05 Å². The van der Waals surface area contributed by atoms with Gasteiger partial charge in [0.25, 0.3) is 5.69 Å². The Morgan fingerprint density at radius 2 is 1.92 bits per heavy atom. The Kier molecular flexibility index (Phi) is 7.76. The summed E-state index contributed by atoms with van der Waals surface area (Å²) in [4.78, 5) is 26.6. The molecular formula is C12H20N5O8S+. The van der Waals surface area contributed by atoms with E-state index in [2.05, 4.69) is 13.4 Å². The zero-order valence-electron chi connectivity index (χ0n) is 14.4. The predicted octanol–water partition coefficient (Wildman–Crippen LogP) is -1.24. The van der Waals surface area contributed by atoms with E-state index in [0.29, 0.717) is 19.6 Å². The first kappa shape index (κ1) is 21.6. The number of hydrogen-bond donors (Lipinski definition) is 1. The van der Waals surface area contributed by atoms with Crippen molar-refractivity contribution in [1.29, 1.82) is 0 Å². The quantitative estimate of drug-likeness (QED) is 0.355. The summed E-state index contributed by atoms with van der Waals surface area (Å²) >= 11 is 0. The van der Waals surface area contributed by atoms with Gasteiger partial charge in [-0.1, -0.05) is 0 Å². The van der Waals surface area contributed by atoms with Crippen LogP contribution in [0.4, 0.5) is 17.2 Å². The Morgan fingerprint density at radius 3 is 2.46 bits per heavy atom. The molecular weight excluding hydrogens is 374 g/mol. The maximum atomic E-state index is 11.1. The lowest BCUT2D eigenvalue weighted by Crippen LogP contribution is -3.10. The van der Waals surface area contributed by atoms with E-state index in [1.807, 2.05) is 0 Å². The molecule has 1 aromatic rings. The van der Waals surface area contributed by atoms with Gasteiger partial charge in [0.2, 0.25) is 5.82 Å². The number of aromatic nitrogens is 1. The van der Waals surface area contributed by atoms with Crippen LogP contribution < -0.4 is 9.80 Å². The highest BCUT2D eigenvalue weighted by molar-refractivity contribution is 7.81. The van der Waals surface area contributed by atoms with E-state index < -0.39 is 31.6 Å². The summed E-state index contributed by atoms with van der Waals surface area (Å²) in [7, 11) is 0.367. The topological polar surface area (TPSA) is 159 Å². The van der Waals surface area contributed by atoms with Crippen LogP contribution in [0, 0.1) is 20.2 Å². The van der Waals surface area contributed by atoms with E-state index in [9.17, 15) is 28.6 Å². The van der Waals surface area contributed by atoms with E-state index in [-0.39, 0.29) is 12.4 Å². The molecule has 0 amide bonds. The lowest BCUT2D eigenvalue weighted by Gasteiger charge is -2.20. The van der Waals surface area contributed by atoms with Crippen molar-refractivity contribution in [2.24, 2.45) is 0 Å². The lowest BCUT2D eigenvalue weighted by molar-refractivity contribution is -0.878. The number of likely N-dealkylation sites (N-methyl/N-ethyl adjacent to an activating group) is 2. The maximum absolute atomic E-state index is 11.1. The normalized spacial score (nSPS) is 12.6. The minimum atomic E-state index is -3.98. The molecule has 0 aromatic carbocycles. The molecule has 1 atom stereocenters. The summed E-state index contributed by atoms with van der Waals surface area (Å²) in [5.41, 5.74) is -0.929. The molecule has 1 aromatic heterocycles. The van der Waals surface area contributed by atoms with Gasteiger partial charge >= 0.3 is 16.1 Å². The average molecular weight is 394 g/mol. The fraction of sp³-hybridized carbons (Fsp3) is 0.583. The molecule has 0 saturated heterocycles. The summed E-state index contributed by atoms with van der Waals surface area (Å²) in [5.74, 6) is 0.00612. The minimum Gasteiger partial charge on any atom is -0.348 e. The van der Waals surface area contributed by atoms with Gasteiger partial charge in [-0.15, -0.1) is 0 Å². The first-order valence-corrected chi connectivity index (χ1v) is 8.67. The Labute approximate surface area is 149 Å². The van der Waals surface area contributed by atoms with Crippen LogP contribution in [0.1, 0.15) is 0 Å². The highest BCUT2D eigenvalue weighted by atomic mass is 32.3. The Bertz CT molecular complexity index is 756. The number of nitrogens with one attached hydrogen (secondary N) is 1. The van der Waals surface area contributed by atoms with Gasteiger partial charge in [-0.2, -0.15) is 8.42 Å². The molecule has 0 aliphatic heterocycles. The molecule has 14 heteroatoms. The van der Waals surface area contributed by atoms with Crippen molar-refractivity contribution in [3.8, 4) is 0 Å². The molecule has 0 fully saturated rings. The lowest BCUT2D eigenvalue weighted by atomic mass is 10.3. The molecule has 0 bridgehead atoms. The van der Waals surface area contributed by atoms with Gasteiger partial charge in [0.05, 0.1) is 43.2 Å². The number of anilines is 1. The van der Waals surface area contributed by atoms with E-state index in [1.165, 1.54) is 4.90 Å². The highest BCUT2D eigenvalue weighted by Gasteiger charge is 2.24. The Hall–Kier alpha value is -2.42. The number of nitro groups is 2. The van der Waals surface area contributed by atoms with Crippen molar-refractivity contribution < 1.29 is 31.5 Å². The second kappa shape index (κ2) is 9.33. The molecule has 1 N–H and O–H groups in total. The zero-order valence-corrected chi connectivity index (χ0v) is 15.3. The molecule has 1 unspecified atom stereocenters. The third kappa shape index (κ3) is 6.47. The van der Waals surface area contributed by atoms with Gasteiger partial charge in [-0.05, 0) is 0 Å². The second-order valence-electron chi connectivity index (χ2n) is 5.33. The van der Waals surface area contributed by atoms with Crippen molar-refractivity contribution in [1.82, 2.24) is 4.98 Å². The highest BCUT2D eigenvalue weighted by Crippen LogP contribution is 2.28. The summed E-state index contributed by atoms with van der Waals surface area (Å²) in [6.45, 7) is 1.10. The predicted molar refractivity (Wildman–Crippen MR) is 89.3 cm³/mol. The van der Waals surface area contributed by atoms with Crippen LogP contribution in [0.2, 0.25) is 0 Å². The van der Waals surface area contributed by atoms with Crippen LogP contribution in [0.15, 0.2) is 12.3 Å². The van der Waals surface area contributed by atoms with Gasteiger partial charge in [-0.25, -0.2) is 9.17 Å². The second-order valence-corrected chi connectivity index (χ2v) is 6.71. The molecule has 1 rings (SSSR count). The number of nitrogens with zero attached hydrogens (tertiary/aromatic N) is 4. The number of hydrogen-bond acceptors (Lipinski definition) is 10. The van der Waals surface area contributed by atoms with Crippen LogP contribution in [-0.4, -0.2) is 70.7 Å². The third-order valence-electron chi connectivity index (χ3n) is 3.44. The molecule has 26 heavy (non-hydrogen) atoms. The SMILES string of the molecule is COS(=O)(=O)OCC[NH+](C)CCN(C)c1ncc([N+](=O)[O-])cc1[N+](=O)[O-]. The van der Waals surface area contributed by atoms with Crippen molar-refractivity contribution in [3.05, 3.63) is 32.5 Å². The van der Waals surface area contributed by atoms with Gasteiger partial charge in [-0.3, -0.25) is 24.4 Å². The smallest absolute Gasteiger partial charge is 0.348 e. The summed E-state index contributed by atoms with van der Waals surface area (Å²) in [6, 6.07) is 0.860. The van der Waals surface area contributed by atoms with Crippen molar-refractivity contribution in [3.63, 3.8) is 0 Å². The standard InChI is InChI=1S/C12H19N5O8S/c1-14(6-7-25-26(22,23)24-3)4-5-15(2)12-11(17(20)21)8-10(9-13-12)16(18)19/h8-9H,4-7H2,1-3H3/p+1. The third-order valence-corrected chi connectivity index (χ3v) is 4.30. The Morgan fingerprint density at radius 1 is 1.27 bits per heavy atom. The average Bonchev–Trinajstić information content (AvgIpc) is 2.58. The largest absolute Gasteiger partial charge is 0.399 e. The fourth-order valence-electron chi connectivity index (χ4n) is 1.92. The minimum absolute atomic E-state index is 0.00612. The van der Waals surface area contributed by atoms with Crippen LogP contribution in [0.25, 0.3) is 0 Å². The molecule has 146 valence electrons. The molecule has 0 aliphatic carbocycles. The number of rotatable bonds is 11. The van der Waals surface area contributed by atoms with E-state index >= 15 is 0 Å². The summed E-state index contributed by atoms with van der Waals surface area (Å²) < 4.78 is 30.8. The maximum Gasteiger partial charge on any atom is 0.399 e. The molecule has 13 nitrogen and oxygen atoms in total. The first-order chi connectivity index (χ1) is 12.1. The molecule has 0 radical (unpaired) electrons.